The highest BCUT2D eigenvalue weighted by molar-refractivity contribution is 6.12. The van der Waals surface area contributed by atoms with Crippen LogP contribution in [0.5, 0.6) is 0 Å². The van der Waals surface area contributed by atoms with Crippen LogP contribution in [0, 0.1) is 48.8 Å². The first kappa shape index (κ1) is 44.2. The molecule has 0 saturated heterocycles. The van der Waals surface area contributed by atoms with Crippen LogP contribution in [0.4, 0.5) is 60.5 Å². The van der Waals surface area contributed by atoms with E-state index in [1.165, 1.54) is 36.4 Å². The summed E-state index contributed by atoms with van der Waals surface area (Å²) in [4.78, 5) is 2.93. The summed E-state index contributed by atoms with van der Waals surface area (Å²) >= 11 is 0. The fourth-order valence-corrected chi connectivity index (χ4v) is 10.0. The molecule has 0 radical (unpaired) electrons. The Morgan fingerprint density at radius 2 is 0.681 bits per heavy atom. The Labute approximate surface area is 410 Å². The molecule has 2 heterocycles. The van der Waals surface area contributed by atoms with E-state index in [1.807, 2.05) is 97.6 Å². The number of aryl methyl sites for hydroxylation is 2. The molecule has 0 fully saturated rings. The van der Waals surface area contributed by atoms with Gasteiger partial charge in [0, 0.05) is 61.4 Å². The number of fused-ring (bicyclic) bond motifs is 6. The second-order valence-corrected chi connectivity index (χ2v) is 17.9. The minimum absolute atomic E-state index is 0.0607. The molecule has 12 rings (SSSR count). The zero-order valence-electron chi connectivity index (χ0n) is 38.7. The van der Waals surface area contributed by atoms with Crippen LogP contribution in [0.15, 0.2) is 206 Å². The van der Waals surface area contributed by atoms with Crippen molar-refractivity contribution in [2.45, 2.75) is 13.8 Å². The Kier molecular flexibility index (Phi) is 10.7. The number of hydrogen-bond acceptors (Lipinski definition) is 2. The molecule has 0 aliphatic heterocycles. The van der Waals surface area contributed by atoms with Gasteiger partial charge in [0.15, 0.2) is 23.3 Å². The Balaban J connectivity index is 0.966. The van der Waals surface area contributed by atoms with Gasteiger partial charge in [0.05, 0.1) is 27.6 Å². The predicted octanol–water partition coefficient (Wildman–Crippen LogP) is 17.9. The topological polar surface area (TPSA) is 16.3 Å². The van der Waals surface area contributed by atoms with Crippen molar-refractivity contribution in [2.24, 2.45) is 0 Å². The lowest BCUT2D eigenvalue weighted by Crippen LogP contribution is -2.16. The molecular formula is C62H40F6N4. The van der Waals surface area contributed by atoms with E-state index in [1.54, 1.807) is 42.5 Å². The quantitative estimate of drug-likeness (QED) is 0.106. The lowest BCUT2D eigenvalue weighted by atomic mass is 10.0. The first-order valence-electron chi connectivity index (χ1n) is 23.3. The van der Waals surface area contributed by atoms with E-state index in [9.17, 15) is 8.78 Å². The molecule has 0 saturated carbocycles. The third-order valence-electron chi connectivity index (χ3n) is 13.5. The third kappa shape index (κ3) is 7.33. The van der Waals surface area contributed by atoms with Gasteiger partial charge < -0.3 is 18.9 Å². The second-order valence-electron chi connectivity index (χ2n) is 17.9. The number of halogens is 6. The van der Waals surface area contributed by atoms with E-state index in [-0.39, 0.29) is 16.9 Å². The van der Waals surface area contributed by atoms with Crippen molar-refractivity contribution in [1.29, 1.82) is 0 Å². The molecule has 10 aromatic carbocycles. The van der Waals surface area contributed by atoms with Gasteiger partial charge >= 0.3 is 0 Å². The molecule has 12 aromatic rings. The van der Waals surface area contributed by atoms with E-state index >= 15 is 17.6 Å². The van der Waals surface area contributed by atoms with Crippen LogP contribution in [-0.4, -0.2) is 9.13 Å². The summed E-state index contributed by atoms with van der Waals surface area (Å²) < 4.78 is 101. The average molecular weight is 955 g/mol. The average Bonchev–Trinajstić information content (AvgIpc) is 3.91. The van der Waals surface area contributed by atoms with E-state index < -0.39 is 46.2 Å². The van der Waals surface area contributed by atoms with Gasteiger partial charge in [-0.15, -0.1) is 0 Å². The van der Waals surface area contributed by atoms with Crippen molar-refractivity contribution in [1.82, 2.24) is 9.13 Å². The van der Waals surface area contributed by atoms with Gasteiger partial charge in [-0.1, -0.05) is 83.9 Å². The molecule has 0 aliphatic carbocycles. The summed E-state index contributed by atoms with van der Waals surface area (Å²) in [6.45, 7) is 4.04. The van der Waals surface area contributed by atoms with Crippen LogP contribution >= 0.6 is 0 Å². The SMILES string of the molecule is Cc1ccc(-n2c3ccccc3c3cc(N(c4ccc(F)cc4)c4ccc(-c5c(F)c(F)c(N(c6ccc(F)cc6)c6ccc7c(c6)c6ccccc6n7-c6ccc(C)cc6)c(F)c5F)cc4)ccc32)cc1. The molecule has 0 N–H and O–H groups in total. The monoisotopic (exact) mass is 954 g/mol. The van der Waals surface area contributed by atoms with Crippen molar-refractivity contribution >= 4 is 77.7 Å². The van der Waals surface area contributed by atoms with Gasteiger partial charge in [0.25, 0.3) is 0 Å². The predicted molar refractivity (Wildman–Crippen MR) is 279 cm³/mol. The zero-order chi connectivity index (χ0) is 49.4. The molecule has 4 nitrogen and oxygen atoms in total. The van der Waals surface area contributed by atoms with Crippen molar-refractivity contribution in [3.05, 3.63) is 252 Å². The van der Waals surface area contributed by atoms with Gasteiger partial charge in [-0.25, -0.2) is 26.3 Å². The molecule has 72 heavy (non-hydrogen) atoms. The highest BCUT2D eigenvalue weighted by Gasteiger charge is 2.32. The number of anilines is 6. The molecular weight excluding hydrogens is 915 g/mol. The van der Waals surface area contributed by atoms with Crippen LogP contribution in [0.25, 0.3) is 66.1 Å². The Morgan fingerprint density at radius 1 is 0.319 bits per heavy atom. The van der Waals surface area contributed by atoms with Crippen molar-refractivity contribution < 1.29 is 26.3 Å². The maximum Gasteiger partial charge on any atom is 0.186 e. The van der Waals surface area contributed by atoms with Gasteiger partial charge in [0.1, 0.15) is 17.3 Å². The van der Waals surface area contributed by atoms with Gasteiger partial charge in [-0.2, -0.15) is 0 Å². The Morgan fingerprint density at radius 3 is 1.12 bits per heavy atom. The highest BCUT2D eigenvalue weighted by atomic mass is 19.2. The van der Waals surface area contributed by atoms with Crippen LogP contribution in [0.3, 0.4) is 0 Å². The maximum absolute atomic E-state index is 17.0. The Hall–Kier alpha value is -9.02. The van der Waals surface area contributed by atoms with Crippen molar-refractivity contribution in [3.63, 3.8) is 0 Å². The molecule has 2 aromatic heterocycles. The lowest BCUT2D eigenvalue weighted by Gasteiger charge is -2.27. The summed E-state index contributed by atoms with van der Waals surface area (Å²) in [6.07, 6.45) is 0. The Bertz CT molecular complexity index is 4020. The number of benzene rings is 10. The smallest absolute Gasteiger partial charge is 0.186 e. The molecule has 0 atom stereocenters. The summed E-state index contributed by atoms with van der Waals surface area (Å²) in [5.74, 6) is -7.58. The van der Waals surface area contributed by atoms with Gasteiger partial charge in [0.2, 0.25) is 0 Å². The molecule has 0 unspecified atom stereocenters. The molecule has 0 aliphatic rings. The number of aromatic nitrogens is 2. The minimum atomic E-state index is -1.65. The van der Waals surface area contributed by atoms with E-state index in [2.05, 4.69) is 45.5 Å². The summed E-state index contributed by atoms with van der Waals surface area (Å²) in [6, 6.07) is 59.9. The van der Waals surface area contributed by atoms with Crippen molar-refractivity contribution in [2.75, 3.05) is 9.80 Å². The zero-order valence-corrected chi connectivity index (χ0v) is 38.7. The van der Waals surface area contributed by atoms with Gasteiger partial charge in [-0.05, 0) is 153 Å². The fraction of sp³-hybridized carbons (Fsp3) is 0.0323. The van der Waals surface area contributed by atoms with Crippen LogP contribution in [0.1, 0.15) is 11.1 Å². The summed E-state index contributed by atoms with van der Waals surface area (Å²) in [7, 11) is 0. The number of rotatable bonds is 9. The minimum Gasteiger partial charge on any atom is -0.310 e. The number of nitrogens with zero attached hydrogens (tertiary/aromatic N) is 4. The van der Waals surface area contributed by atoms with E-state index in [0.717, 1.165) is 77.8 Å². The largest absolute Gasteiger partial charge is 0.310 e. The normalized spacial score (nSPS) is 11.6. The van der Waals surface area contributed by atoms with Crippen LogP contribution < -0.4 is 9.80 Å². The van der Waals surface area contributed by atoms with Crippen LogP contribution in [0.2, 0.25) is 0 Å². The second kappa shape index (κ2) is 17.4. The van der Waals surface area contributed by atoms with Gasteiger partial charge in [-0.3, -0.25) is 0 Å². The summed E-state index contributed by atoms with van der Waals surface area (Å²) in [5.41, 5.74) is 7.71. The molecule has 0 amide bonds. The molecule has 0 bridgehead atoms. The molecule has 0 spiro atoms. The first-order chi connectivity index (χ1) is 35.0. The molecule has 10 heteroatoms. The number of hydrogen-bond donors (Lipinski definition) is 0. The van der Waals surface area contributed by atoms with E-state index in [0.29, 0.717) is 22.4 Å². The fourth-order valence-electron chi connectivity index (χ4n) is 10.0. The van der Waals surface area contributed by atoms with E-state index in [4.69, 9.17) is 0 Å². The van der Waals surface area contributed by atoms with Crippen molar-refractivity contribution in [3.8, 4) is 22.5 Å². The highest BCUT2D eigenvalue weighted by Crippen LogP contribution is 2.46. The van der Waals surface area contributed by atoms with Crippen LogP contribution in [-0.2, 0) is 0 Å². The number of para-hydroxylation sites is 2. The summed E-state index contributed by atoms with van der Waals surface area (Å²) in [5, 5.41) is 3.49. The first-order valence-corrected chi connectivity index (χ1v) is 23.3. The standard InChI is InChI=1S/C62H40F6N4/c1-37-11-21-45(22-12-37)71-53-9-5-3-7-49(53)51-35-47(31-33-55(51)71)69(43-27-17-40(63)18-28-43)42-25-15-39(16-26-42)57-58(65)60(67)62(61(68)59(57)66)70(44-29-19-41(64)20-30-44)48-32-34-56-52(36-48)50-8-4-6-10-54(50)72(56)46-23-13-38(2)14-24-46/h3-36H,1-2H3. The lowest BCUT2D eigenvalue weighted by molar-refractivity contribution is 0.461. The maximum atomic E-state index is 17.0. The third-order valence-corrected chi connectivity index (χ3v) is 13.5. The molecule has 350 valence electrons.